The number of fused-ring (bicyclic) bond motifs is 1. The summed E-state index contributed by atoms with van der Waals surface area (Å²) in [5, 5.41) is 0. The molecule has 2 heteroatoms. The normalized spacial score (nSPS) is 21.3. The largest absolute Gasteiger partial charge is 0.327 e. The van der Waals surface area contributed by atoms with Crippen molar-refractivity contribution < 1.29 is 4.39 Å². The number of aryl methyl sites for hydroxylation is 1. The first kappa shape index (κ1) is 8.70. The van der Waals surface area contributed by atoms with Crippen molar-refractivity contribution in [2.45, 2.75) is 32.2 Å². The Kier molecular flexibility index (Phi) is 2.08. The smallest absolute Gasteiger partial charge is 0.123 e. The van der Waals surface area contributed by atoms with Crippen LogP contribution in [0.3, 0.4) is 0 Å². The predicted octanol–water partition coefficient (Wildman–Crippen LogP) is 1.95. The molecule has 0 radical (unpaired) electrons. The van der Waals surface area contributed by atoms with Gasteiger partial charge in [0.2, 0.25) is 0 Å². The van der Waals surface area contributed by atoms with Gasteiger partial charge in [0, 0.05) is 6.04 Å². The summed E-state index contributed by atoms with van der Waals surface area (Å²) in [5.74, 6) is -0.134. The topological polar surface area (TPSA) is 26.0 Å². The Morgan fingerprint density at radius 3 is 3.00 bits per heavy atom. The molecule has 0 saturated carbocycles. The average Bonchev–Trinajstić information content (AvgIpc) is 2.02. The van der Waals surface area contributed by atoms with Gasteiger partial charge < -0.3 is 5.73 Å². The molecule has 2 N–H and O–H groups in total. The molecule has 0 saturated heterocycles. The Balaban J connectivity index is 2.47. The van der Waals surface area contributed by atoms with Crippen LogP contribution < -0.4 is 5.73 Å². The van der Waals surface area contributed by atoms with E-state index < -0.39 is 0 Å². The fourth-order valence-corrected chi connectivity index (χ4v) is 2.10. The number of halogens is 1. The molecule has 0 aliphatic heterocycles. The molecule has 1 unspecified atom stereocenters. The molecule has 1 atom stereocenters. The van der Waals surface area contributed by atoms with E-state index in [-0.39, 0.29) is 11.9 Å². The lowest BCUT2D eigenvalue weighted by molar-refractivity contribution is 0.563. The van der Waals surface area contributed by atoms with Gasteiger partial charge in [-0.15, -0.1) is 0 Å². The van der Waals surface area contributed by atoms with Gasteiger partial charge in [-0.2, -0.15) is 0 Å². The first-order valence-electron chi connectivity index (χ1n) is 4.70. The van der Waals surface area contributed by atoms with E-state index in [1.807, 2.05) is 6.92 Å². The average molecular weight is 179 g/mol. The van der Waals surface area contributed by atoms with E-state index in [2.05, 4.69) is 0 Å². The van der Waals surface area contributed by atoms with E-state index in [0.29, 0.717) is 0 Å². The molecule has 0 bridgehead atoms. The number of rotatable bonds is 0. The van der Waals surface area contributed by atoms with Crippen LogP contribution in [-0.4, -0.2) is 6.04 Å². The van der Waals surface area contributed by atoms with E-state index >= 15 is 0 Å². The number of hydrogen-bond acceptors (Lipinski definition) is 1. The Hall–Kier alpha value is -0.890. The molecule has 13 heavy (non-hydrogen) atoms. The van der Waals surface area contributed by atoms with Crippen molar-refractivity contribution in [1.29, 1.82) is 0 Å². The van der Waals surface area contributed by atoms with Gasteiger partial charge in [-0.25, -0.2) is 4.39 Å². The molecule has 0 heterocycles. The van der Waals surface area contributed by atoms with E-state index in [9.17, 15) is 4.39 Å². The summed E-state index contributed by atoms with van der Waals surface area (Å²) in [5.41, 5.74) is 9.31. The van der Waals surface area contributed by atoms with Crippen LogP contribution >= 0.6 is 0 Å². The Bertz CT molecular complexity index is 333. The molecule has 0 aromatic heterocycles. The molecule has 1 nitrogen and oxygen atoms in total. The lowest BCUT2D eigenvalue weighted by Gasteiger charge is -2.22. The maximum absolute atomic E-state index is 13.0. The van der Waals surface area contributed by atoms with Gasteiger partial charge in [0.05, 0.1) is 0 Å². The van der Waals surface area contributed by atoms with Crippen LogP contribution in [0.4, 0.5) is 4.39 Å². The number of hydrogen-bond donors (Lipinski definition) is 1. The van der Waals surface area contributed by atoms with Crippen molar-refractivity contribution in [2.75, 3.05) is 0 Å². The zero-order valence-electron chi connectivity index (χ0n) is 7.81. The third-order valence-electron chi connectivity index (χ3n) is 2.78. The lowest BCUT2D eigenvalue weighted by atomic mass is 9.86. The van der Waals surface area contributed by atoms with Crippen molar-refractivity contribution >= 4 is 0 Å². The van der Waals surface area contributed by atoms with Crippen LogP contribution in [0.15, 0.2) is 12.1 Å². The SMILES string of the molecule is Cc1cc(F)cc2c1CCC(N)C2. The predicted molar refractivity (Wildman–Crippen MR) is 51.1 cm³/mol. The zero-order valence-corrected chi connectivity index (χ0v) is 7.81. The summed E-state index contributed by atoms with van der Waals surface area (Å²) in [6.07, 6.45) is 2.86. The Morgan fingerprint density at radius 2 is 2.23 bits per heavy atom. The Morgan fingerprint density at radius 1 is 1.46 bits per heavy atom. The minimum atomic E-state index is -0.134. The molecule has 0 amide bonds. The van der Waals surface area contributed by atoms with Crippen molar-refractivity contribution in [2.24, 2.45) is 5.73 Å². The summed E-state index contributed by atoms with van der Waals surface area (Å²) >= 11 is 0. The summed E-state index contributed by atoms with van der Waals surface area (Å²) in [6, 6.07) is 3.45. The van der Waals surface area contributed by atoms with Crippen LogP contribution in [0.2, 0.25) is 0 Å². The fourth-order valence-electron chi connectivity index (χ4n) is 2.10. The lowest BCUT2D eigenvalue weighted by Crippen LogP contribution is -2.28. The van der Waals surface area contributed by atoms with E-state index in [1.54, 1.807) is 12.1 Å². The van der Waals surface area contributed by atoms with Crippen molar-refractivity contribution in [3.05, 3.63) is 34.6 Å². The van der Waals surface area contributed by atoms with Crippen LogP contribution in [-0.2, 0) is 12.8 Å². The molecular weight excluding hydrogens is 165 g/mol. The van der Waals surface area contributed by atoms with Crippen molar-refractivity contribution in [3.63, 3.8) is 0 Å². The van der Waals surface area contributed by atoms with E-state index in [0.717, 1.165) is 30.4 Å². The van der Waals surface area contributed by atoms with E-state index in [1.165, 1.54) is 5.56 Å². The molecule has 70 valence electrons. The van der Waals surface area contributed by atoms with Gasteiger partial charge in [0.1, 0.15) is 5.82 Å². The molecule has 1 aromatic carbocycles. The van der Waals surface area contributed by atoms with Crippen LogP contribution in [0.25, 0.3) is 0 Å². The highest BCUT2D eigenvalue weighted by atomic mass is 19.1. The van der Waals surface area contributed by atoms with Crippen LogP contribution in [0.1, 0.15) is 23.1 Å². The molecule has 2 rings (SSSR count). The maximum Gasteiger partial charge on any atom is 0.123 e. The zero-order chi connectivity index (χ0) is 9.42. The number of nitrogens with two attached hydrogens (primary N) is 1. The van der Waals surface area contributed by atoms with Gasteiger partial charge in [-0.3, -0.25) is 0 Å². The third kappa shape index (κ3) is 1.59. The van der Waals surface area contributed by atoms with Crippen LogP contribution in [0, 0.1) is 12.7 Å². The third-order valence-corrected chi connectivity index (χ3v) is 2.78. The second-order valence-corrected chi connectivity index (χ2v) is 3.86. The van der Waals surface area contributed by atoms with Gasteiger partial charge in [-0.05, 0) is 55.0 Å². The summed E-state index contributed by atoms with van der Waals surface area (Å²) in [6.45, 7) is 1.97. The second-order valence-electron chi connectivity index (χ2n) is 3.86. The Labute approximate surface area is 77.8 Å². The second kappa shape index (κ2) is 3.11. The highest BCUT2D eigenvalue weighted by Crippen LogP contribution is 2.24. The van der Waals surface area contributed by atoms with Gasteiger partial charge in [0.15, 0.2) is 0 Å². The highest BCUT2D eigenvalue weighted by Gasteiger charge is 2.17. The molecule has 1 aliphatic rings. The molecular formula is C11H14FN. The van der Waals surface area contributed by atoms with Gasteiger partial charge in [0.25, 0.3) is 0 Å². The fraction of sp³-hybridized carbons (Fsp3) is 0.455. The monoisotopic (exact) mass is 179 g/mol. The van der Waals surface area contributed by atoms with Gasteiger partial charge in [-0.1, -0.05) is 0 Å². The molecule has 1 aromatic rings. The first-order valence-corrected chi connectivity index (χ1v) is 4.70. The molecule has 0 spiro atoms. The number of benzene rings is 1. The van der Waals surface area contributed by atoms with Gasteiger partial charge >= 0.3 is 0 Å². The first-order chi connectivity index (χ1) is 6.16. The van der Waals surface area contributed by atoms with Crippen LogP contribution in [0.5, 0.6) is 0 Å². The minimum absolute atomic E-state index is 0.134. The highest BCUT2D eigenvalue weighted by molar-refractivity contribution is 5.37. The minimum Gasteiger partial charge on any atom is -0.327 e. The summed E-state index contributed by atoms with van der Waals surface area (Å²) < 4.78 is 13.0. The molecule has 1 aliphatic carbocycles. The summed E-state index contributed by atoms with van der Waals surface area (Å²) in [4.78, 5) is 0. The van der Waals surface area contributed by atoms with Crippen molar-refractivity contribution in [3.8, 4) is 0 Å². The maximum atomic E-state index is 13.0. The van der Waals surface area contributed by atoms with Crippen molar-refractivity contribution in [1.82, 2.24) is 0 Å². The quantitative estimate of drug-likeness (QED) is 0.647. The standard InChI is InChI=1S/C11H14FN/c1-7-4-9(12)5-8-6-10(13)2-3-11(7)8/h4-5,10H,2-3,6,13H2,1H3. The summed E-state index contributed by atoms with van der Waals surface area (Å²) in [7, 11) is 0. The molecule has 0 fully saturated rings. The van der Waals surface area contributed by atoms with E-state index in [4.69, 9.17) is 5.73 Å².